The van der Waals surface area contributed by atoms with Gasteiger partial charge in [-0.3, -0.25) is 0 Å². The summed E-state index contributed by atoms with van der Waals surface area (Å²) in [6.45, 7) is 0.268. The van der Waals surface area contributed by atoms with Crippen LogP contribution in [0.15, 0.2) is 18.2 Å². The third kappa shape index (κ3) is 1.65. The Kier molecular flexibility index (Phi) is 2.87. The summed E-state index contributed by atoms with van der Waals surface area (Å²) in [6.07, 6.45) is 0. The lowest BCUT2D eigenvalue weighted by Crippen LogP contribution is -2.05. The van der Waals surface area contributed by atoms with Gasteiger partial charge in [-0.25, -0.2) is 4.98 Å². The molecule has 0 aliphatic rings. The van der Waals surface area contributed by atoms with Crippen LogP contribution in [0.2, 0.25) is 0 Å². The van der Waals surface area contributed by atoms with Crippen molar-refractivity contribution in [2.24, 2.45) is 5.73 Å². The lowest BCUT2D eigenvalue weighted by molar-refractivity contribution is 0.399. The van der Waals surface area contributed by atoms with Gasteiger partial charge in [0.15, 0.2) is 0 Å². The second kappa shape index (κ2) is 4.32. The maximum Gasteiger partial charge on any atom is 0.224 e. The van der Waals surface area contributed by atoms with Gasteiger partial charge in [0.25, 0.3) is 0 Å². The molecule has 0 aliphatic heterocycles. The highest BCUT2D eigenvalue weighted by atomic mass is 16.5. The fourth-order valence-electron chi connectivity index (χ4n) is 1.55. The summed E-state index contributed by atoms with van der Waals surface area (Å²) in [5.41, 5.74) is 6.25. The topological polar surface area (TPSA) is 70.3 Å². The molecule has 2 rings (SSSR count). The van der Waals surface area contributed by atoms with Crippen molar-refractivity contribution in [3.8, 4) is 11.6 Å². The molecule has 0 saturated carbocycles. The molecule has 5 heteroatoms. The highest BCUT2D eigenvalue weighted by molar-refractivity contribution is 5.88. The molecule has 2 N–H and O–H groups in total. The molecule has 0 aliphatic carbocycles. The van der Waals surface area contributed by atoms with E-state index in [1.165, 1.54) is 0 Å². The third-order valence-electron chi connectivity index (χ3n) is 2.30. The number of aromatic nitrogens is 2. The molecule has 0 amide bonds. The summed E-state index contributed by atoms with van der Waals surface area (Å²) in [5.74, 6) is 1.74. The van der Waals surface area contributed by atoms with Crippen molar-refractivity contribution in [1.29, 1.82) is 0 Å². The first-order chi connectivity index (χ1) is 7.80. The summed E-state index contributed by atoms with van der Waals surface area (Å²) in [7, 11) is 3.17. The Balaban J connectivity index is 2.78. The normalized spacial score (nSPS) is 10.4. The third-order valence-corrected chi connectivity index (χ3v) is 2.30. The molecule has 0 radical (unpaired) electrons. The van der Waals surface area contributed by atoms with Crippen LogP contribution in [0.5, 0.6) is 11.6 Å². The maximum atomic E-state index is 5.53. The molecule has 0 unspecified atom stereocenters. The van der Waals surface area contributed by atoms with E-state index in [2.05, 4.69) is 9.97 Å². The number of nitrogens with two attached hydrogens (primary N) is 1. The minimum absolute atomic E-state index is 0.268. The Morgan fingerprint density at radius 1 is 1.19 bits per heavy atom. The molecule has 0 spiro atoms. The number of para-hydroxylation sites is 1. The summed E-state index contributed by atoms with van der Waals surface area (Å²) >= 11 is 0. The Morgan fingerprint density at radius 2 is 2.00 bits per heavy atom. The predicted octanol–water partition coefficient (Wildman–Crippen LogP) is 1.11. The number of hydrogen-bond donors (Lipinski definition) is 1. The predicted molar refractivity (Wildman–Crippen MR) is 60.5 cm³/mol. The summed E-state index contributed by atoms with van der Waals surface area (Å²) in [5, 5.41) is 0.819. The fourth-order valence-corrected chi connectivity index (χ4v) is 1.55. The SMILES string of the molecule is COc1nc(CN)nc2c(OC)cccc12. The fraction of sp³-hybridized carbons (Fsp3) is 0.273. The highest BCUT2D eigenvalue weighted by Gasteiger charge is 2.10. The van der Waals surface area contributed by atoms with Crippen LogP contribution in [0, 0.1) is 0 Å². The quantitative estimate of drug-likeness (QED) is 0.837. The zero-order valence-electron chi connectivity index (χ0n) is 9.23. The standard InChI is InChI=1S/C11H13N3O2/c1-15-8-5-3-4-7-10(8)13-9(6-12)14-11(7)16-2/h3-5H,6,12H2,1-2H3. The number of hydrogen-bond acceptors (Lipinski definition) is 5. The molecule has 0 saturated heterocycles. The second-order valence-electron chi connectivity index (χ2n) is 3.21. The number of benzene rings is 1. The smallest absolute Gasteiger partial charge is 0.224 e. The number of fused-ring (bicyclic) bond motifs is 1. The second-order valence-corrected chi connectivity index (χ2v) is 3.21. The molecule has 1 heterocycles. The van der Waals surface area contributed by atoms with Crippen molar-refractivity contribution in [3.63, 3.8) is 0 Å². The molecule has 0 atom stereocenters. The monoisotopic (exact) mass is 219 g/mol. The van der Waals surface area contributed by atoms with Gasteiger partial charge in [0.2, 0.25) is 5.88 Å². The first-order valence-electron chi connectivity index (χ1n) is 4.87. The van der Waals surface area contributed by atoms with Gasteiger partial charge >= 0.3 is 0 Å². The molecule has 16 heavy (non-hydrogen) atoms. The molecular formula is C11H13N3O2. The van der Waals surface area contributed by atoms with E-state index in [1.807, 2.05) is 18.2 Å². The van der Waals surface area contributed by atoms with Crippen LogP contribution in [0.25, 0.3) is 10.9 Å². The van der Waals surface area contributed by atoms with Crippen LogP contribution in [-0.2, 0) is 6.54 Å². The summed E-state index contributed by atoms with van der Waals surface area (Å²) < 4.78 is 10.4. The van der Waals surface area contributed by atoms with Crippen molar-refractivity contribution < 1.29 is 9.47 Å². The summed E-state index contributed by atoms with van der Waals surface area (Å²) in [6, 6.07) is 5.60. The van der Waals surface area contributed by atoms with Crippen molar-refractivity contribution in [1.82, 2.24) is 9.97 Å². The van der Waals surface area contributed by atoms with E-state index in [9.17, 15) is 0 Å². The molecule has 1 aromatic heterocycles. The largest absolute Gasteiger partial charge is 0.494 e. The van der Waals surface area contributed by atoms with E-state index in [4.69, 9.17) is 15.2 Å². The van der Waals surface area contributed by atoms with Gasteiger partial charge < -0.3 is 15.2 Å². The van der Waals surface area contributed by atoms with Gasteiger partial charge in [0, 0.05) is 0 Å². The first-order valence-corrected chi connectivity index (χ1v) is 4.87. The Hall–Kier alpha value is -1.88. The summed E-state index contributed by atoms with van der Waals surface area (Å²) in [4.78, 5) is 8.53. The van der Waals surface area contributed by atoms with Crippen molar-refractivity contribution >= 4 is 10.9 Å². The Bertz CT molecular complexity index is 514. The zero-order chi connectivity index (χ0) is 11.5. The Labute approximate surface area is 93.2 Å². The number of ether oxygens (including phenoxy) is 2. The van der Waals surface area contributed by atoms with E-state index in [-0.39, 0.29) is 6.54 Å². The highest BCUT2D eigenvalue weighted by Crippen LogP contribution is 2.28. The van der Waals surface area contributed by atoms with Crippen molar-refractivity contribution in [2.75, 3.05) is 14.2 Å². The van der Waals surface area contributed by atoms with Gasteiger partial charge in [-0.1, -0.05) is 6.07 Å². The molecular weight excluding hydrogens is 206 g/mol. The van der Waals surface area contributed by atoms with E-state index in [1.54, 1.807) is 14.2 Å². The molecule has 0 fully saturated rings. The van der Waals surface area contributed by atoms with E-state index < -0.39 is 0 Å². The minimum atomic E-state index is 0.268. The molecule has 1 aromatic carbocycles. The number of nitrogens with zero attached hydrogens (tertiary/aromatic N) is 2. The molecule has 0 bridgehead atoms. The van der Waals surface area contributed by atoms with Gasteiger partial charge in [0.05, 0.1) is 26.2 Å². The van der Waals surface area contributed by atoms with Crippen LogP contribution in [0.1, 0.15) is 5.82 Å². The van der Waals surface area contributed by atoms with Gasteiger partial charge in [-0.2, -0.15) is 4.98 Å². The minimum Gasteiger partial charge on any atom is -0.494 e. The zero-order valence-corrected chi connectivity index (χ0v) is 9.23. The number of methoxy groups -OCH3 is 2. The average molecular weight is 219 g/mol. The first kappa shape index (κ1) is 10.6. The lowest BCUT2D eigenvalue weighted by atomic mass is 10.2. The van der Waals surface area contributed by atoms with E-state index in [0.29, 0.717) is 17.5 Å². The molecule has 2 aromatic rings. The van der Waals surface area contributed by atoms with Crippen molar-refractivity contribution in [2.45, 2.75) is 6.54 Å². The van der Waals surface area contributed by atoms with E-state index >= 15 is 0 Å². The van der Waals surface area contributed by atoms with Gasteiger partial charge in [-0.05, 0) is 12.1 Å². The lowest BCUT2D eigenvalue weighted by Gasteiger charge is -2.08. The van der Waals surface area contributed by atoms with Gasteiger partial charge in [0.1, 0.15) is 17.1 Å². The molecule has 84 valence electrons. The van der Waals surface area contributed by atoms with Crippen molar-refractivity contribution in [3.05, 3.63) is 24.0 Å². The molecule has 5 nitrogen and oxygen atoms in total. The van der Waals surface area contributed by atoms with Crippen LogP contribution in [0.3, 0.4) is 0 Å². The maximum absolute atomic E-state index is 5.53. The van der Waals surface area contributed by atoms with Crippen LogP contribution in [0.4, 0.5) is 0 Å². The van der Waals surface area contributed by atoms with Crippen LogP contribution in [-0.4, -0.2) is 24.2 Å². The van der Waals surface area contributed by atoms with Crippen LogP contribution >= 0.6 is 0 Å². The van der Waals surface area contributed by atoms with Gasteiger partial charge in [-0.15, -0.1) is 0 Å². The van der Waals surface area contributed by atoms with E-state index in [0.717, 1.165) is 10.9 Å². The average Bonchev–Trinajstić information content (AvgIpc) is 2.36. The number of rotatable bonds is 3. The Morgan fingerprint density at radius 3 is 2.62 bits per heavy atom. The van der Waals surface area contributed by atoms with Crippen LogP contribution < -0.4 is 15.2 Å².